The predicted octanol–water partition coefficient (Wildman–Crippen LogP) is 0.844. The third kappa shape index (κ3) is 4.48. The van der Waals surface area contributed by atoms with Gasteiger partial charge in [0.15, 0.2) is 0 Å². The summed E-state index contributed by atoms with van der Waals surface area (Å²) >= 11 is 0. The summed E-state index contributed by atoms with van der Waals surface area (Å²) in [5, 5.41) is 5.96. The lowest BCUT2D eigenvalue weighted by molar-refractivity contribution is -0.105. The van der Waals surface area contributed by atoms with E-state index in [9.17, 15) is 4.79 Å². The first-order chi connectivity index (χ1) is 6.15. The highest BCUT2D eigenvalue weighted by Gasteiger charge is 1.97. The zero-order valence-corrected chi connectivity index (χ0v) is 8.77. The van der Waals surface area contributed by atoms with Gasteiger partial charge in [0, 0.05) is 24.9 Å². The Morgan fingerprint density at radius 2 is 1.92 bits per heavy atom. The summed E-state index contributed by atoms with van der Waals surface area (Å²) < 4.78 is 0. The molecule has 13 heavy (non-hydrogen) atoms. The Bertz CT molecular complexity index is 229. The number of hydrogen-bond donors (Lipinski definition) is 2. The van der Waals surface area contributed by atoms with E-state index < -0.39 is 0 Å². The van der Waals surface area contributed by atoms with Crippen molar-refractivity contribution in [3.8, 4) is 0 Å². The third-order valence-electron chi connectivity index (χ3n) is 1.84. The quantitative estimate of drug-likeness (QED) is 0.376. The van der Waals surface area contributed by atoms with Crippen molar-refractivity contribution in [2.24, 2.45) is 0 Å². The number of rotatable bonds is 5. The molecule has 0 aromatic heterocycles. The molecule has 0 spiro atoms. The molecule has 0 aliphatic heterocycles. The van der Waals surface area contributed by atoms with Crippen molar-refractivity contribution < 1.29 is 4.79 Å². The van der Waals surface area contributed by atoms with Gasteiger partial charge in [0.25, 0.3) is 0 Å². The number of carbonyl (C=O) groups excluding carboxylic acids is 1. The van der Waals surface area contributed by atoms with Gasteiger partial charge in [0.2, 0.25) is 0 Å². The van der Waals surface area contributed by atoms with Gasteiger partial charge in [-0.25, -0.2) is 0 Å². The van der Waals surface area contributed by atoms with Gasteiger partial charge in [-0.15, -0.1) is 0 Å². The van der Waals surface area contributed by atoms with Gasteiger partial charge in [-0.3, -0.25) is 4.79 Å². The molecule has 0 aliphatic rings. The lowest BCUT2D eigenvalue weighted by Gasteiger charge is -2.04. The minimum absolute atomic E-state index is 0.614. The first kappa shape index (κ1) is 11.9. The maximum atomic E-state index is 10.7. The van der Waals surface area contributed by atoms with Crippen LogP contribution in [0.3, 0.4) is 0 Å². The van der Waals surface area contributed by atoms with Crippen LogP contribution in [-0.2, 0) is 4.79 Å². The van der Waals surface area contributed by atoms with Crippen LogP contribution in [0.5, 0.6) is 0 Å². The van der Waals surface area contributed by atoms with E-state index in [2.05, 4.69) is 10.6 Å². The van der Waals surface area contributed by atoms with E-state index in [0.29, 0.717) is 6.54 Å². The highest BCUT2D eigenvalue weighted by molar-refractivity contribution is 5.76. The molecule has 0 aliphatic carbocycles. The van der Waals surface area contributed by atoms with Gasteiger partial charge in [0.05, 0.1) is 0 Å². The Morgan fingerprint density at radius 3 is 2.31 bits per heavy atom. The van der Waals surface area contributed by atoms with Crippen LogP contribution in [0, 0.1) is 0 Å². The molecule has 0 aromatic rings. The van der Waals surface area contributed by atoms with Gasteiger partial charge in [-0.05, 0) is 32.5 Å². The molecule has 0 saturated heterocycles. The van der Waals surface area contributed by atoms with Crippen molar-refractivity contribution in [2.75, 3.05) is 20.6 Å². The summed E-state index contributed by atoms with van der Waals surface area (Å²) in [7, 11) is 3.68. The number of aldehydes is 1. The van der Waals surface area contributed by atoms with E-state index in [1.807, 2.05) is 34.0 Å². The van der Waals surface area contributed by atoms with Crippen molar-refractivity contribution >= 4 is 6.29 Å². The predicted molar refractivity (Wildman–Crippen MR) is 55.5 cm³/mol. The Kier molecular flexibility index (Phi) is 5.89. The molecular weight excluding hydrogens is 164 g/mol. The molecule has 0 radical (unpaired) electrons. The Hall–Kier alpha value is -1.09. The van der Waals surface area contributed by atoms with Crippen LogP contribution in [-0.4, -0.2) is 26.9 Å². The average Bonchev–Trinajstić information content (AvgIpc) is 2.13. The first-order valence-corrected chi connectivity index (χ1v) is 4.31. The number of likely N-dealkylation sites (N-methyl/N-ethyl adjacent to an activating group) is 1. The smallest absolute Gasteiger partial charge is 0.147 e. The van der Waals surface area contributed by atoms with Gasteiger partial charge in [-0.1, -0.05) is 0 Å². The van der Waals surface area contributed by atoms with E-state index >= 15 is 0 Å². The topological polar surface area (TPSA) is 41.1 Å². The van der Waals surface area contributed by atoms with E-state index in [4.69, 9.17) is 0 Å². The number of allylic oxidation sites excluding steroid dienone is 3. The molecule has 0 unspecified atom stereocenters. The molecular formula is C10H18N2O. The van der Waals surface area contributed by atoms with Gasteiger partial charge in [0.1, 0.15) is 6.29 Å². The molecule has 0 atom stereocenters. The molecule has 3 nitrogen and oxygen atoms in total. The summed E-state index contributed by atoms with van der Waals surface area (Å²) in [6.07, 6.45) is 2.85. The lowest BCUT2D eigenvalue weighted by atomic mass is 10.1. The molecule has 0 rings (SSSR count). The molecule has 0 aromatic carbocycles. The molecule has 2 N–H and O–H groups in total. The summed E-state index contributed by atoms with van der Waals surface area (Å²) in [5.41, 5.74) is 2.83. The highest BCUT2D eigenvalue weighted by Crippen LogP contribution is 2.04. The van der Waals surface area contributed by atoms with Crippen molar-refractivity contribution in [3.05, 3.63) is 22.9 Å². The van der Waals surface area contributed by atoms with Crippen LogP contribution in [0.1, 0.15) is 13.8 Å². The van der Waals surface area contributed by atoms with Crippen LogP contribution >= 0.6 is 0 Å². The molecule has 0 bridgehead atoms. The minimum atomic E-state index is 0.614. The standard InChI is InChI=1S/C10H18N2O/c1-8(5-9(2)12-4)10(7-13)6-11-3/h5,7,11-12H,6H2,1-4H3/b9-5-,10-8-. The lowest BCUT2D eigenvalue weighted by Crippen LogP contribution is -2.12. The monoisotopic (exact) mass is 182 g/mol. The van der Waals surface area contributed by atoms with Crippen molar-refractivity contribution in [2.45, 2.75) is 13.8 Å². The summed E-state index contributed by atoms with van der Waals surface area (Å²) in [6, 6.07) is 0. The maximum absolute atomic E-state index is 10.7. The molecule has 74 valence electrons. The first-order valence-electron chi connectivity index (χ1n) is 4.31. The van der Waals surface area contributed by atoms with Crippen LogP contribution in [0.25, 0.3) is 0 Å². The van der Waals surface area contributed by atoms with Gasteiger partial charge >= 0.3 is 0 Å². The molecule has 0 amide bonds. The number of hydrogen-bond acceptors (Lipinski definition) is 3. The summed E-state index contributed by atoms with van der Waals surface area (Å²) in [5.74, 6) is 0. The SMILES string of the molecule is CNC/C(C=O)=C(C)/C=C(/C)NC. The normalized spacial score (nSPS) is 13.7. The zero-order chi connectivity index (χ0) is 10.3. The fourth-order valence-electron chi connectivity index (χ4n) is 0.954. The van der Waals surface area contributed by atoms with E-state index in [1.54, 1.807) is 0 Å². The summed E-state index contributed by atoms with van der Waals surface area (Å²) in [4.78, 5) is 10.7. The van der Waals surface area contributed by atoms with Crippen molar-refractivity contribution in [1.82, 2.24) is 10.6 Å². The van der Waals surface area contributed by atoms with Gasteiger partial charge in [-0.2, -0.15) is 0 Å². The van der Waals surface area contributed by atoms with Gasteiger partial charge < -0.3 is 10.6 Å². The average molecular weight is 182 g/mol. The van der Waals surface area contributed by atoms with E-state index in [1.165, 1.54) is 0 Å². The molecule has 0 saturated carbocycles. The number of carbonyl (C=O) groups is 1. The van der Waals surface area contributed by atoms with E-state index in [-0.39, 0.29) is 0 Å². The minimum Gasteiger partial charge on any atom is -0.392 e. The van der Waals surface area contributed by atoms with Crippen LogP contribution in [0.4, 0.5) is 0 Å². The highest BCUT2D eigenvalue weighted by atomic mass is 16.1. The molecule has 3 heteroatoms. The second kappa shape index (κ2) is 6.43. The van der Waals surface area contributed by atoms with Crippen molar-refractivity contribution in [3.63, 3.8) is 0 Å². The van der Waals surface area contributed by atoms with Crippen LogP contribution < -0.4 is 10.6 Å². The van der Waals surface area contributed by atoms with E-state index in [0.717, 1.165) is 23.1 Å². The Balaban J connectivity index is 4.64. The molecule has 0 heterocycles. The fourth-order valence-corrected chi connectivity index (χ4v) is 0.954. The molecule has 0 fully saturated rings. The van der Waals surface area contributed by atoms with Crippen molar-refractivity contribution in [1.29, 1.82) is 0 Å². The maximum Gasteiger partial charge on any atom is 0.147 e. The summed E-state index contributed by atoms with van der Waals surface area (Å²) in [6.45, 7) is 4.51. The third-order valence-corrected chi connectivity index (χ3v) is 1.84. The van der Waals surface area contributed by atoms with Crippen LogP contribution in [0.15, 0.2) is 22.9 Å². The zero-order valence-electron chi connectivity index (χ0n) is 8.77. The Labute approximate surface area is 79.9 Å². The number of nitrogens with one attached hydrogen (secondary N) is 2. The largest absolute Gasteiger partial charge is 0.392 e. The second-order valence-electron chi connectivity index (χ2n) is 2.93. The Morgan fingerprint density at radius 1 is 1.31 bits per heavy atom. The van der Waals surface area contributed by atoms with Crippen LogP contribution in [0.2, 0.25) is 0 Å². The fraction of sp³-hybridized carbons (Fsp3) is 0.500. The second-order valence-corrected chi connectivity index (χ2v) is 2.93.